The highest BCUT2D eigenvalue weighted by molar-refractivity contribution is 9.10. The van der Waals surface area contributed by atoms with Crippen LogP contribution in [0.2, 0.25) is 0 Å². The lowest BCUT2D eigenvalue weighted by Gasteiger charge is -2.16. The zero-order valence-electron chi connectivity index (χ0n) is 14.3. The Morgan fingerprint density at radius 3 is 2.60 bits per heavy atom. The SMILES string of the molecule is COc1ccc2cc(Br)ccc2c1CC(=O)NC(C)c1ccccc1. The molecular formula is C21H20BrNO2. The minimum Gasteiger partial charge on any atom is -0.496 e. The molecule has 0 aromatic heterocycles. The quantitative estimate of drug-likeness (QED) is 0.655. The van der Waals surface area contributed by atoms with Crippen LogP contribution in [0.15, 0.2) is 65.1 Å². The maximum atomic E-state index is 12.6. The molecule has 0 saturated carbocycles. The van der Waals surface area contributed by atoms with Gasteiger partial charge in [-0.05, 0) is 41.5 Å². The van der Waals surface area contributed by atoms with Crippen molar-refractivity contribution in [2.75, 3.05) is 7.11 Å². The van der Waals surface area contributed by atoms with Gasteiger partial charge in [0.25, 0.3) is 0 Å². The number of halogens is 1. The van der Waals surface area contributed by atoms with Gasteiger partial charge < -0.3 is 10.1 Å². The van der Waals surface area contributed by atoms with E-state index in [-0.39, 0.29) is 18.4 Å². The second kappa shape index (κ2) is 7.70. The third-order valence-corrected chi connectivity index (χ3v) is 4.78. The summed E-state index contributed by atoms with van der Waals surface area (Å²) in [7, 11) is 1.63. The van der Waals surface area contributed by atoms with Crippen molar-refractivity contribution in [1.82, 2.24) is 5.32 Å². The Balaban J connectivity index is 1.85. The van der Waals surface area contributed by atoms with E-state index in [0.717, 1.165) is 32.1 Å². The number of nitrogens with one attached hydrogen (secondary N) is 1. The number of hydrogen-bond acceptors (Lipinski definition) is 2. The van der Waals surface area contributed by atoms with Crippen molar-refractivity contribution >= 4 is 32.6 Å². The van der Waals surface area contributed by atoms with Crippen LogP contribution in [0.25, 0.3) is 10.8 Å². The summed E-state index contributed by atoms with van der Waals surface area (Å²) in [5.41, 5.74) is 2.00. The summed E-state index contributed by atoms with van der Waals surface area (Å²) in [5.74, 6) is 0.711. The van der Waals surface area contributed by atoms with E-state index in [9.17, 15) is 4.79 Å². The van der Waals surface area contributed by atoms with Gasteiger partial charge in [0.2, 0.25) is 5.91 Å². The van der Waals surface area contributed by atoms with Crippen LogP contribution in [-0.2, 0) is 11.2 Å². The molecule has 1 unspecified atom stereocenters. The summed E-state index contributed by atoms with van der Waals surface area (Å²) < 4.78 is 6.49. The van der Waals surface area contributed by atoms with Gasteiger partial charge in [0.05, 0.1) is 19.6 Å². The molecule has 1 amide bonds. The molecule has 3 aromatic carbocycles. The van der Waals surface area contributed by atoms with Gasteiger partial charge in [-0.1, -0.05) is 58.4 Å². The van der Waals surface area contributed by atoms with Crippen molar-refractivity contribution in [2.45, 2.75) is 19.4 Å². The fraction of sp³-hybridized carbons (Fsp3) is 0.190. The molecule has 0 saturated heterocycles. The van der Waals surface area contributed by atoms with Gasteiger partial charge in [-0.25, -0.2) is 0 Å². The Labute approximate surface area is 156 Å². The molecule has 4 heteroatoms. The summed E-state index contributed by atoms with van der Waals surface area (Å²) in [6, 6.07) is 19.9. The molecule has 1 atom stereocenters. The van der Waals surface area contributed by atoms with Crippen LogP contribution in [0, 0.1) is 0 Å². The third-order valence-electron chi connectivity index (χ3n) is 4.28. The van der Waals surface area contributed by atoms with Crippen molar-refractivity contribution in [3.05, 3.63) is 76.3 Å². The lowest BCUT2D eigenvalue weighted by molar-refractivity contribution is -0.121. The summed E-state index contributed by atoms with van der Waals surface area (Å²) in [5, 5.41) is 5.18. The molecule has 1 N–H and O–H groups in total. The van der Waals surface area contributed by atoms with E-state index in [1.165, 1.54) is 0 Å². The zero-order valence-corrected chi connectivity index (χ0v) is 15.8. The predicted octanol–water partition coefficient (Wildman–Crippen LogP) is 5.03. The van der Waals surface area contributed by atoms with Gasteiger partial charge in [-0.2, -0.15) is 0 Å². The predicted molar refractivity (Wildman–Crippen MR) is 105 cm³/mol. The number of ether oxygens (including phenoxy) is 1. The lowest BCUT2D eigenvalue weighted by Crippen LogP contribution is -2.28. The first kappa shape index (κ1) is 17.5. The van der Waals surface area contributed by atoms with Crippen molar-refractivity contribution in [3.8, 4) is 5.75 Å². The number of amides is 1. The maximum Gasteiger partial charge on any atom is 0.225 e. The van der Waals surface area contributed by atoms with Gasteiger partial charge in [0.1, 0.15) is 5.75 Å². The Kier molecular flexibility index (Phi) is 5.39. The van der Waals surface area contributed by atoms with Crippen LogP contribution in [0.5, 0.6) is 5.75 Å². The van der Waals surface area contributed by atoms with Gasteiger partial charge in [0, 0.05) is 10.0 Å². The largest absolute Gasteiger partial charge is 0.496 e. The van der Waals surface area contributed by atoms with Crippen LogP contribution in [0.1, 0.15) is 24.1 Å². The molecule has 0 bridgehead atoms. The second-order valence-corrected chi connectivity index (χ2v) is 6.90. The molecule has 0 aliphatic rings. The van der Waals surface area contributed by atoms with Crippen LogP contribution in [-0.4, -0.2) is 13.0 Å². The van der Waals surface area contributed by atoms with E-state index >= 15 is 0 Å². The minimum absolute atomic E-state index is 0.0231. The summed E-state index contributed by atoms with van der Waals surface area (Å²) in [6.07, 6.45) is 0.277. The normalized spacial score (nSPS) is 12.0. The summed E-state index contributed by atoms with van der Waals surface area (Å²) >= 11 is 3.49. The van der Waals surface area contributed by atoms with E-state index in [1.54, 1.807) is 7.11 Å². The molecule has 3 aromatic rings. The molecule has 0 fully saturated rings. The first-order valence-electron chi connectivity index (χ1n) is 8.18. The standard InChI is InChI=1S/C21H20BrNO2/c1-14(15-6-4-3-5-7-15)23-21(24)13-19-18-10-9-17(22)12-16(18)8-11-20(19)25-2/h3-12,14H,13H2,1-2H3,(H,23,24). The molecule has 25 heavy (non-hydrogen) atoms. The lowest BCUT2D eigenvalue weighted by atomic mass is 10.00. The van der Waals surface area contributed by atoms with E-state index in [0.29, 0.717) is 0 Å². The monoisotopic (exact) mass is 397 g/mol. The van der Waals surface area contributed by atoms with Crippen molar-refractivity contribution in [2.24, 2.45) is 0 Å². The van der Waals surface area contributed by atoms with Crippen molar-refractivity contribution in [1.29, 1.82) is 0 Å². The zero-order chi connectivity index (χ0) is 17.8. The highest BCUT2D eigenvalue weighted by Crippen LogP contribution is 2.30. The Morgan fingerprint density at radius 2 is 1.88 bits per heavy atom. The Morgan fingerprint density at radius 1 is 1.12 bits per heavy atom. The number of fused-ring (bicyclic) bond motifs is 1. The molecule has 128 valence electrons. The van der Waals surface area contributed by atoms with Crippen molar-refractivity contribution < 1.29 is 9.53 Å². The average Bonchev–Trinajstić information content (AvgIpc) is 2.62. The minimum atomic E-state index is -0.0381. The molecule has 3 rings (SSSR count). The van der Waals surface area contributed by atoms with E-state index < -0.39 is 0 Å². The highest BCUT2D eigenvalue weighted by atomic mass is 79.9. The van der Waals surface area contributed by atoms with Crippen LogP contribution in [0.4, 0.5) is 0 Å². The number of carbonyl (C=O) groups is 1. The fourth-order valence-corrected chi connectivity index (χ4v) is 3.38. The number of benzene rings is 3. The highest BCUT2D eigenvalue weighted by Gasteiger charge is 2.15. The second-order valence-electron chi connectivity index (χ2n) is 5.99. The van der Waals surface area contributed by atoms with Gasteiger partial charge >= 0.3 is 0 Å². The first-order chi connectivity index (χ1) is 12.1. The molecular weight excluding hydrogens is 378 g/mol. The van der Waals surface area contributed by atoms with E-state index in [1.807, 2.05) is 67.6 Å². The summed E-state index contributed by atoms with van der Waals surface area (Å²) in [6.45, 7) is 1.99. The average molecular weight is 398 g/mol. The molecule has 0 radical (unpaired) electrons. The fourth-order valence-electron chi connectivity index (χ4n) is 3.00. The van der Waals surface area contributed by atoms with Crippen LogP contribution < -0.4 is 10.1 Å². The molecule has 3 nitrogen and oxygen atoms in total. The summed E-state index contributed by atoms with van der Waals surface area (Å²) in [4.78, 5) is 12.6. The topological polar surface area (TPSA) is 38.3 Å². The van der Waals surface area contributed by atoms with Gasteiger partial charge in [-0.15, -0.1) is 0 Å². The molecule has 0 aliphatic heterocycles. The maximum absolute atomic E-state index is 12.6. The van der Waals surface area contributed by atoms with Crippen molar-refractivity contribution in [3.63, 3.8) is 0 Å². The van der Waals surface area contributed by atoms with Crippen LogP contribution >= 0.6 is 15.9 Å². The van der Waals surface area contributed by atoms with E-state index in [4.69, 9.17) is 4.74 Å². The molecule has 0 spiro atoms. The Hall–Kier alpha value is -2.33. The third kappa shape index (κ3) is 4.02. The number of carbonyl (C=O) groups excluding carboxylic acids is 1. The van der Waals surface area contributed by atoms with Crippen LogP contribution in [0.3, 0.4) is 0 Å². The number of methoxy groups -OCH3 is 1. The smallest absolute Gasteiger partial charge is 0.225 e. The number of rotatable bonds is 5. The van der Waals surface area contributed by atoms with Gasteiger partial charge in [-0.3, -0.25) is 4.79 Å². The first-order valence-corrected chi connectivity index (χ1v) is 8.97. The van der Waals surface area contributed by atoms with Gasteiger partial charge in [0.15, 0.2) is 0 Å². The molecule has 0 aliphatic carbocycles. The van der Waals surface area contributed by atoms with E-state index in [2.05, 4.69) is 21.2 Å². The molecule has 0 heterocycles. The Bertz CT molecular complexity index is 893. The number of hydrogen-bond donors (Lipinski definition) is 1.